The summed E-state index contributed by atoms with van der Waals surface area (Å²) in [6, 6.07) is 12.7. The number of nitrogens with zero attached hydrogens (tertiary/aromatic N) is 1. The molecule has 7 nitrogen and oxygen atoms in total. The highest BCUT2D eigenvalue weighted by Crippen LogP contribution is 2.18. The van der Waals surface area contributed by atoms with Crippen LogP contribution in [0.4, 0.5) is 17.1 Å². The van der Waals surface area contributed by atoms with Crippen LogP contribution in [0.3, 0.4) is 0 Å². The second-order valence-corrected chi connectivity index (χ2v) is 5.06. The fourth-order valence-electron chi connectivity index (χ4n) is 1.93. The van der Waals surface area contributed by atoms with Crippen molar-refractivity contribution in [3.8, 4) is 0 Å². The molecule has 0 saturated carbocycles. The van der Waals surface area contributed by atoms with Crippen molar-refractivity contribution >= 4 is 40.4 Å². The molecule has 2 aromatic rings. The molecule has 2 N–H and O–H groups in total. The molecular formula is C16H15N3O4S. The summed E-state index contributed by atoms with van der Waals surface area (Å²) in [5.74, 6) is -0.446. The molecule has 0 unspecified atom stereocenters. The Kier molecular flexibility index (Phi) is 5.80. The van der Waals surface area contributed by atoms with E-state index >= 15 is 0 Å². The van der Waals surface area contributed by atoms with E-state index in [2.05, 4.69) is 10.6 Å². The van der Waals surface area contributed by atoms with Gasteiger partial charge in [-0.15, -0.1) is 0 Å². The van der Waals surface area contributed by atoms with Gasteiger partial charge in [-0.1, -0.05) is 12.1 Å². The zero-order chi connectivity index (χ0) is 17.5. The van der Waals surface area contributed by atoms with Crippen LogP contribution in [0.25, 0.3) is 0 Å². The molecule has 0 saturated heterocycles. The van der Waals surface area contributed by atoms with E-state index in [1.165, 1.54) is 12.1 Å². The summed E-state index contributed by atoms with van der Waals surface area (Å²) < 4.78 is 5.00. The lowest BCUT2D eigenvalue weighted by atomic mass is 10.2. The molecule has 0 spiro atoms. The van der Waals surface area contributed by atoms with Crippen LogP contribution in [0.1, 0.15) is 17.3 Å². The molecule has 0 aromatic heterocycles. The summed E-state index contributed by atoms with van der Waals surface area (Å²) in [5, 5.41) is 16.7. The summed E-state index contributed by atoms with van der Waals surface area (Å²) in [4.78, 5) is 22.1. The van der Waals surface area contributed by atoms with Crippen molar-refractivity contribution in [3.63, 3.8) is 0 Å². The number of carbonyl (C=O) groups is 1. The molecule has 0 amide bonds. The predicted molar refractivity (Wildman–Crippen MR) is 95.3 cm³/mol. The van der Waals surface area contributed by atoms with Crippen molar-refractivity contribution in [1.29, 1.82) is 0 Å². The second-order valence-electron chi connectivity index (χ2n) is 4.65. The number of anilines is 2. The van der Waals surface area contributed by atoms with E-state index in [0.717, 1.165) is 0 Å². The number of ether oxygens (including phenoxy) is 1. The number of nitrogens with one attached hydrogen (secondary N) is 2. The number of thiocarbonyl (C=S) groups is 1. The third kappa shape index (κ3) is 4.50. The van der Waals surface area contributed by atoms with Crippen molar-refractivity contribution in [2.24, 2.45) is 0 Å². The Morgan fingerprint density at radius 1 is 1.17 bits per heavy atom. The summed E-state index contributed by atoms with van der Waals surface area (Å²) in [7, 11) is 0. The third-order valence-corrected chi connectivity index (χ3v) is 3.21. The highest BCUT2D eigenvalue weighted by atomic mass is 32.1. The van der Waals surface area contributed by atoms with Gasteiger partial charge in [-0.05, 0) is 43.4 Å². The van der Waals surface area contributed by atoms with E-state index < -0.39 is 10.9 Å². The van der Waals surface area contributed by atoms with Gasteiger partial charge in [-0.25, -0.2) is 4.79 Å². The molecule has 0 bridgehead atoms. The molecule has 2 rings (SSSR count). The molecule has 124 valence electrons. The first-order valence-electron chi connectivity index (χ1n) is 7.10. The standard InChI is InChI=1S/C16H15N3O4S/c1-2-23-15(20)13-5-3-4-6-14(13)18-16(24)17-11-7-9-12(10-8-11)19(21)22/h3-10H,2H2,1H3,(H2,17,18,24). The number of non-ortho nitro benzene ring substituents is 1. The van der Waals surface area contributed by atoms with Crippen LogP contribution in [-0.2, 0) is 4.74 Å². The minimum absolute atomic E-state index is 0.00733. The Hall–Kier alpha value is -3.00. The maximum Gasteiger partial charge on any atom is 0.340 e. The maximum atomic E-state index is 11.9. The smallest absolute Gasteiger partial charge is 0.340 e. The van der Waals surface area contributed by atoms with Crippen LogP contribution in [0.2, 0.25) is 0 Å². The minimum Gasteiger partial charge on any atom is -0.462 e. The molecule has 0 heterocycles. The van der Waals surface area contributed by atoms with Crippen LogP contribution in [0.5, 0.6) is 0 Å². The fraction of sp³-hybridized carbons (Fsp3) is 0.125. The van der Waals surface area contributed by atoms with Crippen molar-refractivity contribution in [3.05, 3.63) is 64.2 Å². The lowest BCUT2D eigenvalue weighted by Crippen LogP contribution is -2.21. The van der Waals surface area contributed by atoms with E-state index in [9.17, 15) is 14.9 Å². The molecule has 0 aliphatic rings. The van der Waals surface area contributed by atoms with Gasteiger partial charge in [0, 0.05) is 17.8 Å². The van der Waals surface area contributed by atoms with E-state index in [1.54, 1.807) is 43.3 Å². The lowest BCUT2D eigenvalue weighted by molar-refractivity contribution is -0.384. The van der Waals surface area contributed by atoms with E-state index in [0.29, 0.717) is 16.9 Å². The van der Waals surface area contributed by atoms with Gasteiger partial charge in [0.1, 0.15) is 0 Å². The molecule has 2 aromatic carbocycles. The van der Waals surface area contributed by atoms with Crippen LogP contribution in [-0.4, -0.2) is 22.6 Å². The molecule has 0 atom stereocenters. The molecule has 0 aliphatic carbocycles. The van der Waals surface area contributed by atoms with E-state index in [-0.39, 0.29) is 17.4 Å². The Morgan fingerprint density at radius 2 is 1.83 bits per heavy atom. The topological polar surface area (TPSA) is 93.5 Å². The first-order valence-corrected chi connectivity index (χ1v) is 7.50. The van der Waals surface area contributed by atoms with Crippen molar-refractivity contribution in [2.75, 3.05) is 17.2 Å². The van der Waals surface area contributed by atoms with E-state index in [1.807, 2.05) is 0 Å². The first kappa shape index (κ1) is 17.4. The molecule has 0 aliphatic heterocycles. The quantitative estimate of drug-likeness (QED) is 0.370. The van der Waals surface area contributed by atoms with Crippen molar-refractivity contribution < 1.29 is 14.5 Å². The molecular weight excluding hydrogens is 330 g/mol. The average molecular weight is 345 g/mol. The van der Waals surface area contributed by atoms with Gasteiger partial charge in [-0.2, -0.15) is 0 Å². The Labute approximate surface area is 143 Å². The van der Waals surface area contributed by atoms with Crippen molar-refractivity contribution in [2.45, 2.75) is 6.92 Å². The summed E-state index contributed by atoms with van der Waals surface area (Å²) in [6.45, 7) is 2.01. The van der Waals surface area contributed by atoms with Gasteiger partial charge in [0.25, 0.3) is 5.69 Å². The lowest BCUT2D eigenvalue weighted by Gasteiger charge is -2.13. The normalized spacial score (nSPS) is 9.88. The van der Waals surface area contributed by atoms with Crippen LogP contribution in [0.15, 0.2) is 48.5 Å². The Bertz CT molecular complexity index is 762. The monoisotopic (exact) mass is 345 g/mol. The number of esters is 1. The first-order chi connectivity index (χ1) is 11.5. The highest BCUT2D eigenvalue weighted by molar-refractivity contribution is 7.80. The Balaban J connectivity index is 2.07. The minimum atomic E-state index is -0.476. The van der Waals surface area contributed by atoms with Crippen molar-refractivity contribution in [1.82, 2.24) is 0 Å². The van der Waals surface area contributed by atoms with Gasteiger partial charge in [0.05, 0.1) is 22.8 Å². The maximum absolute atomic E-state index is 11.9. The zero-order valence-corrected chi connectivity index (χ0v) is 13.6. The van der Waals surface area contributed by atoms with Crippen LogP contribution in [0, 0.1) is 10.1 Å². The summed E-state index contributed by atoms with van der Waals surface area (Å²) in [6.07, 6.45) is 0. The SMILES string of the molecule is CCOC(=O)c1ccccc1NC(=S)Nc1ccc([N+](=O)[O-])cc1. The molecule has 0 radical (unpaired) electrons. The fourth-order valence-corrected chi connectivity index (χ4v) is 2.16. The van der Waals surface area contributed by atoms with Gasteiger partial charge in [0.2, 0.25) is 0 Å². The van der Waals surface area contributed by atoms with Crippen LogP contribution < -0.4 is 10.6 Å². The molecule has 0 fully saturated rings. The van der Waals surface area contributed by atoms with Gasteiger partial charge >= 0.3 is 5.97 Å². The molecule has 8 heteroatoms. The van der Waals surface area contributed by atoms with E-state index in [4.69, 9.17) is 17.0 Å². The highest BCUT2D eigenvalue weighted by Gasteiger charge is 2.13. The number of hydrogen-bond donors (Lipinski definition) is 2. The van der Waals surface area contributed by atoms with Gasteiger partial charge < -0.3 is 15.4 Å². The molecule has 24 heavy (non-hydrogen) atoms. The number of hydrogen-bond acceptors (Lipinski definition) is 5. The number of para-hydroxylation sites is 1. The Morgan fingerprint density at radius 3 is 2.46 bits per heavy atom. The third-order valence-electron chi connectivity index (χ3n) is 3.01. The zero-order valence-electron chi connectivity index (χ0n) is 12.8. The van der Waals surface area contributed by atoms with Gasteiger partial charge in [-0.3, -0.25) is 10.1 Å². The van der Waals surface area contributed by atoms with Crippen LogP contribution >= 0.6 is 12.2 Å². The number of nitro benzene ring substituents is 1. The number of nitro groups is 1. The van der Waals surface area contributed by atoms with Gasteiger partial charge in [0.15, 0.2) is 5.11 Å². The number of rotatable bonds is 5. The predicted octanol–water partition coefficient (Wildman–Crippen LogP) is 3.58. The largest absolute Gasteiger partial charge is 0.462 e. The summed E-state index contributed by atoms with van der Waals surface area (Å²) >= 11 is 5.21. The average Bonchev–Trinajstić information content (AvgIpc) is 2.56. The number of benzene rings is 2. The second kappa shape index (κ2) is 8.02. The summed E-state index contributed by atoms with van der Waals surface area (Å²) in [5.41, 5.74) is 1.46. The number of carbonyl (C=O) groups excluding carboxylic acids is 1.